The standard InChI is InChI=1S/C14H19N3OS/c1-8(2)9(3)7-17-14(18)13-11(15)12-10(19-13)5-4-6-16-12/h4-6,8-9H,7,15H2,1-3H3,(H,17,18). The van der Waals surface area contributed by atoms with Crippen molar-refractivity contribution in [2.45, 2.75) is 20.8 Å². The van der Waals surface area contributed by atoms with Crippen molar-refractivity contribution < 1.29 is 4.79 Å². The number of aromatic nitrogens is 1. The van der Waals surface area contributed by atoms with Crippen LogP contribution in [-0.2, 0) is 0 Å². The molecule has 0 aliphatic rings. The second-order valence-corrected chi connectivity index (χ2v) is 6.18. The number of rotatable bonds is 4. The molecular weight excluding hydrogens is 258 g/mol. The number of nitrogens with two attached hydrogens (primary N) is 1. The number of fused-ring (bicyclic) bond motifs is 1. The van der Waals surface area contributed by atoms with Crippen molar-refractivity contribution >= 4 is 33.1 Å². The molecule has 0 spiro atoms. The van der Waals surface area contributed by atoms with Crippen molar-refractivity contribution in [2.75, 3.05) is 12.3 Å². The number of anilines is 1. The van der Waals surface area contributed by atoms with E-state index in [0.29, 0.717) is 28.9 Å². The zero-order valence-corrected chi connectivity index (χ0v) is 12.3. The number of thiophene rings is 1. The van der Waals surface area contributed by atoms with Crippen molar-refractivity contribution in [3.05, 3.63) is 23.2 Å². The first kappa shape index (κ1) is 13.8. The summed E-state index contributed by atoms with van der Waals surface area (Å²) in [4.78, 5) is 16.9. The van der Waals surface area contributed by atoms with E-state index >= 15 is 0 Å². The van der Waals surface area contributed by atoms with E-state index in [-0.39, 0.29) is 5.91 Å². The summed E-state index contributed by atoms with van der Waals surface area (Å²) in [5.74, 6) is 0.882. The summed E-state index contributed by atoms with van der Waals surface area (Å²) in [6, 6.07) is 3.78. The number of hydrogen-bond acceptors (Lipinski definition) is 4. The lowest BCUT2D eigenvalue weighted by Crippen LogP contribution is -2.30. The largest absolute Gasteiger partial charge is 0.396 e. The number of carbonyl (C=O) groups excluding carboxylic acids is 1. The summed E-state index contributed by atoms with van der Waals surface area (Å²) in [5.41, 5.74) is 7.19. The molecule has 1 atom stereocenters. The Morgan fingerprint density at radius 2 is 2.21 bits per heavy atom. The molecule has 0 aliphatic carbocycles. The fraction of sp³-hybridized carbons (Fsp3) is 0.429. The number of nitrogen functional groups attached to an aromatic ring is 1. The molecule has 2 aromatic heterocycles. The van der Waals surface area contributed by atoms with Gasteiger partial charge in [-0.15, -0.1) is 11.3 Å². The first-order chi connectivity index (χ1) is 9.00. The zero-order valence-electron chi connectivity index (χ0n) is 11.4. The highest BCUT2D eigenvalue weighted by molar-refractivity contribution is 7.21. The number of nitrogens with one attached hydrogen (secondary N) is 1. The van der Waals surface area contributed by atoms with E-state index in [1.54, 1.807) is 6.20 Å². The van der Waals surface area contributed by atoms with Crippen molar-refractivity contribution in [1.82, 2.24) is 10.3 Å². The second-order valence-electron chi connectivity index (χ2n) is 5.13. The SMILES string of the molecule is CC(C)C(C)CNC(=O)c1sc2cccnc2c1N. The van der Waals surface area contributed by atoms with Crippen LogP contribution in [-0.4, -0.2) is 17.4 Å². The Kier molecular flexibility index (Phi) is 4.04. The fourth-order valence-electron chi connectivity index (χ4n) is 1.69. The summed E-state index contributed by atoms with van der Waals surface area (Å²) >= 11 is 1.39. The first-order valence-electron chi connectivity index (χ1n) is 6.42. The van der Waals surface area contributed by atoms with Gasteiger partial charge in [0.15, 0.2) is 0 Å². The van der Waals surface area contributed by atoms with Crippen molar-refractivity contribution in [2.24, 2.45) is 11.8 Å². The zero-order chi connectivity index (χ0) is 14.0. The number of pyridine rings is 1. The van der Waals surface area contributed by atoms with Crippen LogP contribution < -0.4 is 11.1 Å². The lowest BCUT2D eigenvalue weighted by Gasteiger charge is -2.15. The lowest BCUT2D eigenvalue weighted by molar-refractivity contribution is 0.0950. The van der Waals surface area contributed by atoms with Crippen LogP contribution in [0.15, 0.2) is 18.3 Å². The highest BCUT2D eigenvalue weighted by Gasteiger charge is 2.17. The molecule has 0 aromatic carbocycles. The monoisotopic (exact) mass is 277 g/mol. The molecule has 2 aromatic rings. The van der Waals surface area contributed by atoms with Crippen LogP contribution >= 0.6 is 11.3 Å². The normalized spacial score (nSPS) is 12.8. The maximum atomic E-state index is 12.2. The van der Waals surface area contributed by atoms with Gasteiger partial charge in [-0.2, -0.15) is 0 Å². The Bertz CT molecular complexity index is 591. The molecule has 0 bridgehead atoms. The van der Waals surface area contributed by atoms with Crippen LogP contribution in [0.4, 0.5) is 5.69 Å². The highest BCUT2D eigenvalue weighted by atomic mass is 32.1. The fourth-order valence-corrected chi connectivity index (χ4v) is 2.68. The topological polar surface area (TPSA) is 68.0 Å². The Balaban J connectivity index is 2.16. The number of carbonyl (C=O) groups is 1. The predicted molar refractivity (Wildman–Crippen MR) is 80.4 cm³/mol. The molecule has 5 heteroatoms. The van der Waals surface area contributed by atoms with Gasteiger partial charge in [0, 0.05) is 12.7 Å². The van der Waals surface area contributed by atoms with Gasteiger partial charge < -0.3 is 11.1 Å². The second kappa shape index (κ2) is 5.57. The van der Waals surface area contributed by atoms with Crippen molar-refractivity contribution in [3.8, 4) is 0 Å². The predicted octanol–water partition coefficient (Wildman–Crippen LogP) is 2.90. The molecule has 3 N–H and O–H groups in total. The highest BCUT2D eigenvalue weighted by Crippen LogP contribution is 2.31. The smallest absolute Gasteiger partial charge is 0.263 e. The Hall–Kier alpha value is -1.62. The van der Waals surface area contributed by atoms with Crippen LogP contribution in [0, 0.1) is 11.8 Å². The minimum Gasteiger partial charge on any atom is -0.396 e. The van der Waals surface area contributed by atoms with E-state index in [2.05, 4.69) is 31.1 Å². The van der Waals surface area contributed by atoms with Gasteiger partial charge in [0.2, 0.25) is 0 Å². The third-order valence-corrected chi connectivity index (χ3v) is 4.57. The Morgan fingerprint density at radius 1 is 1.47 bits per heavy atom. The van der Waals surface area contributed by atoms with E-state index in [4.69, 9.17) is 5.73 Å². The van der Waals surface area contributed by atoms with E-state index in [0.717, 1.165) is 10.2 Å². The number of hydrogen-bond donors (Lipinski definition) is 2. The maximum Gasteiger partial charge on any atom is 0.263 e. The van der Waals surface area contributed by atoms with Crippen molar-refractivity contribution in [1.29, 1.82) is 0 Å². The summed E-state index contributed by atoms with van der Waals surface area (Å²) in [7, 11) is 0. The molecule has 2 heterocycles. The number of amides is 1. The quantitative estimate of drug-likeness (QED) is 0.903. The summed E-state index contributed by atoms with van der Waals surface area (Å²) in [5, 5.41) is 2.95. The minimum absolute atomic E-state index is 0.104. The van der Waals surface area contributed by atoms with E-state index < -0.39 is 0 Å². The van der Waals surface area contributed by atoms with Crippen LogP contribution in [0.3, 0.4) is 0 Å². The van der Waals surface area contributed by atoms with E-state index in [1.165, 1.54) is 11.3 Å². The molecule has 2 rings (SSSR count). The molecule has 102 valence electrons. The van der Waals surface area contributed by atoms with Gasteiger partial charge in [0.05, 0.1) is 10.4 Å². The molecule has 0 saturated heterocycles. The van der Waals surface area contributed by atoms with Gasteiger partial charge in [0.1, 0.15) is 10.4 Å². The molecule has 0 fully saturated rings. The minimum atomic E-state index is -0.104. The van der Waals surface area contributed by atoms with Crippen LogP contribution in [0.1, 0.15) is 30.4 Å². The van der Waals surface area contributed by atoms with Crippen LogP contribution in [0.2, 0.25) is 0 Å². The molecule has 0 aliphatic heterocycles. The lowest BCUT2D eigenvalue weighted by atomic mass is 9.98. The molecule has 4 nitrogen and oxygen atoms in total. The van der Waals surface area contributed by atoms with Crippen LogP contribution in [0.5, 0.6) is 0 Å². The number of nitrogens with zero attached hydrogens (tertiary/aromatic N) is 1. The van der Waals surface area contributed by atoms with Gasteiger partial charge in [-0.25, -0.2) is 0 Å². The van der Waals surface area contributed by atoms with E-state index in [1.807, 2.05) is 12.1 Å². The third kappa shape index (κ3) is 2.87. The van der Waals surface area contributed by atoms with Gasteiger partial charge in [-0.3, -0.25) is 9.78 Å². The van der Waals surface area contributed by atoms with Gasteiger partial charge >= 0.3 is 0 Å². The van der Waals surface area contributed by atoms with E-state index in [9.17, 15) is 4.79 Å². The molecular formula is C14H19N3OS. The van der Waals surface area contributed by atoms with Gasteiger partial charge in [-0.1, -0.05) is 20.8 Å². The third-order valence-electron chi connectivity index (χ3n) is 3.41. The van der Waals surface area contributed by atoms with Crippen LogP contribution in [0.25, 0.3) is 10.2 Å². The average molecular weight is 277 g/mol. The average Bonchev–Trinajstić information content (AvgIpc) is 2.73. The Morgan fingerprint density at radius 3 is 2.84 bits per heavy atom. The molecule has 0 saturated carbocycles. The maximum absolute atomic E-state index is 12.2. The Labute approximate surface area is 117 Å². The summed E-state index contributed by atoms with van der Waals surface area (Å²) in [6.07, 6.45) is 1.69. The summed E-state index contributed by atoms with van der Waals surface area (Å²) < 4.78 is 0.946. The molecule has 1 unspecified atom stereocenters. The first-order valence-corrected chi connectivity index (χ1v) is 7.23. The van der Waals surface area contributed by atoms with Crippen molar-refractivity contribution in [3.63, 3.8) is 0 Å². The van der Waals surface area contributed by atoms with Gasteiger partial charge in [0.25, 0.3) is 5.91 Å². The molecule has 19 heavy (non-hydrogen) atoms. The summed E-state index contributed by atoms with van der Waals surface area (Å²) in [6.45, 7) is 7.08. The molecule has 0 radical (unpaired) electrons. The van der Waals surface area contributed by atoms with Gasteiger partial charge in [-0.05, 0) is 24.0 Å². The molecule has 1 amide bonds.